The van der Waals surface area contributed by atoms with Crippen molar-refractivity contribution in [2.24, 2.45) is 5.92 Å². The van der Waals surface area contributed by atoms with Crippen molar-refractivity contribution in [3.63, 3.8) is 0 Å². The number of rotatable bonds is 2. The van der Waals surface area contributed by atoms with Gasteiger partial charge in [0.05, 0.1) is 9.99 Å². The fourth-order valence-corrected chi connectivity index (χ4v) is 3.94. The molecule has 22 heavy (non-hydrogen) atoms. The summed E-state index contributed by atoms with van der Waals surface area (Å²) in [4.78, 5) is 23.6. The van der Waals surface area contributed by atoms with E-state index in [0.717, 1.165) is 21.9 Å². The molecule has 2 bridgehead atoms. The predicted octanol–water partition coefficient (Wildman–Crippen LogP) is 2.22. The zero-order valence-corrected chi connectivity index (χ0v) is 13.7. The molecular weight excluding hydrogens is 344 g/mol. The highest BCUT2D eigenvalue weighted by molar-refractivity contribution is 9.10. The van der Waals surface area contributed by atoms with Crippen LogP contribution in [0.5, 0.6) is 0 Å². The minimum absolute atomic E-state index is 0.0793. The molecular formula is C16H17BrN4O. The Bertz CT molecular complexity index is 727. The van der Waals surface area contributed by atoms with Crippen LogP contribution in [0.1, 0.15) is 23.3 Å². The van der Waals surface area contributed by atoms with Crippen molar-refractivity contribution >= 4 is 32.7 Å². The van der Waals surface area contributed by atoms with Crippen molar-refractivity contribution in [2.45, 2.75) is 18.9 Å². The highest BCUT2D eigenvalue weighted by Gasteiger charge is 2.35. The number of pyridine rings is 2. The molecule has 1 N–H and O–H groups in total. The molecule has 3 aliphatic rings. The molecule has 1 atom stereocenters. The van der Waals surface area contributed by atoms with Gasteiger partial charge in [-0.2, -0.15) is 0 Å². The lowest BCUT2D eigenvalue weighted by Crippen LogP contribution is -2.57. The van der Waals surface area contributed by atoms with Crippen molar-refractivity contribution in [2.75, 3.05) is 19.6 Å². The summed E-state index contributed by atoms with van der Waals surface area (Å²) in [5.41, 5.74) is 1.24. The number of hydrogen-bond donors (Lipinski definition) is 1. The van der Waals surface area contributed by atoms with E-state index in [1.165, 1.54) is 25.9 Å². The Labute approximate surface area is 137 Å². The number of carbonyl (C=O) groups excluding carboxylic acids is 1. The number of fused-ring (bicyclic) bond motifs is 4. The summed E-state index contributed by atoms with van der Waals surface area (Å²) in [6.45, 7) is 3.31. The second-order valence-electron chi connectivity index (χ2n) is 6.11. The van der Waals surface area contributed by atoms with Gasteiger partial charge in [-0.25, -0.2) is 4.98 Å². The maximum Gasteiger partial charge on any atom is 0.270 e. The van der Waals surface area contributed by atoms with Crippen molar-refractivity contribution in [1.82, 2.24) is 20.2 Å². The van der Waals surface area contributed by atoms with E-state index in [-0.39, 0.29) is 11.9 Å². The molecule has 0 saturated carbocycles. The summed E-state index contributed by atoms with van der Waals surface area (Å²) in [7, 11) is 0. The van der Waals surface area contributed by atoms with Crippen LogP contribution < -0.4 is 5.32 Å². The van der Waals surface area contributed by atoms with Gasteiger partial charge < -0.3 is 10.2 Å². The zero-order chi connectivity index (χ0) is 15.1. The molecule has 1 amide bonds. The molecule has 0 aromatic carbocycles. The summed E-state index contributed by atoms with van der Waals surface area (Å²) in [6, 6.07) is 3.92. The number of aromatic nitrogens is 2. The molecule has 2 aromatic heterocycles. The summed E-state index contributed by atoms with van der Waals surface area (Å²) in [6.07, 6.45) is 5.83. The van der Waals surface area contributed by atoms with Crippen molar-refractivity contribution in [3.05, 3.63) is 34.7 Å². The number of piperidine rings is 3. The monoisotopic (exact) mass is 360 g/mol. The van der Waals surface area contributed by atoms with E-state index in [1.54, 1.807) is 18.5 Å². The third-order valence-electron chi connectivity index (χ3n) is 4.76. The van der Waals surface area contributed by atoms with E-state index in [0.29, 0.717) is 11.6 Å². The van der Waals surface area contributed by atoms with Crippen LogP contribution >= 0.6 is 15.9 Å². The van der Waals surface area contributed by atoms with Crippen LogP contribution in [-0.2, 0) is 0 Å². The molecule has 2 aromatic rings. The van der Waals surface area contributed by atoms with E-state index in [1.807, 2.05) is 6.07 Å². The lowest BCUT2D eigenvalue weighted by atomic mass is 9.84. The fraction of sp³-hybridized carbons (Fsp3) is 0.438. The quantitative estimate of drug-likeness (QED) is 0.891. The van der Waals surface area contributed by atoms with Gasteiger partial charge in [-0.3, -0.25) is 9.78 Å². The topological polar surface area (TPSA) is 58.1 Å². The number of halogens is 1. The molecule has 0 unspecified atom stereocenters. The van der Waals surface area contributed by atoms with Gasteiger partial charge >= 0.3 is 0 Å². The number of hydrogen-bond acceptors (Lipinski definition) is 4. The molecule has 3 aliphatic heterocycles. The lowest BCUT2D eigenvalue weighted by molar-refractivity contribution is 0.0618. The van der Waals surface area contributed by atoms with Crippen LogP contribution in [0.25, 0.3) is 10.9 Å². The minimum Gasteiger partial charge on any atom is -0.346 e. The first-order valence-electron chi connectivity index (χ1n) is 7.64. The van der Waals surface area contributed by atoms with Crippen LogP contribution in [-0.4, -0.2) is 46.5 Å². The van der Waals surface area contributed by atoms with Crippen molar-refractivity contribution in [1.29, 1.82) is 0 Å². The second-order valence-corrected chi connectivity index (χ2v) is 6.96. The second kappa shape index (κ2) is 5.59. The van der Waals surface area contributed by atoms with E-state index >= 15 is 0 Å². The number of nitrogens with one attached hydrogen (secondary N) is 1. The highest BCUT2D eigenvalue weighted by atomic mass is 79.9. The minimum atomic E-state index is -0.0793. The Balaban J connectivity index is 1.56. The van der Waals surface area contributed by atoms with Crippen LogP contribution in [0.15, 0.2) is 29.0 Å². The first-order chi connectivity index (χ1) is 10.7. The summed E-state index contributed by atoms with van der Waals surface area (Å²) in [5.74, 6) is 0.537. The van der Waals surface area contributed by atoms with Gasteiger partial charge in [0.25, 0.3) is 5.91 Å². The molecule has 3 fully saturated rings. The van der Waals surface area contributed by atoms with Gasteiger partial charge in [0.15, 0.2) is 0 Å². The van der Waals surface area contributed by atoms with E-state index in [4.69, 9.17) is 0 Å². The van der Waals surface area contributed by atoms with E-state index in [2.05, 4.69) is 36.1 Å². The largest absolute Gasteiger partial charge is 0.346 e. The molecule has 0 radical (unpaired) electrons. The van der Waals surface area contributed by atoms with Crippen LogP contribution in [0.4, 0.5) is 0 Å². The molecule has 0 aliphatic carbocycles. The van der Waals surface area contributed by atoms with Gasteiger partial charge in [-0.1, -0.05) is 0 Å². The number of carbonyl (C=O) groups is 1. The van der Waals surface area contributed by atoms with Gasteiger partial charge in [0.2, 0.25) is 0 Å². The SMILES string of the molecule is O=C(N[C@@H]1CN2CCC1CC2)c1ccc2cncc(Br)c2n1. The van der Waals surface area contributed by atoms with Crippen molar-refractivity contribution in [3.8, 4) is 0 Å². The molecule has 5 nitrogen and oxygen atoms in total. The maximum atomic E-state index is 12.5. The molecule has 6 heteroatoms. The van der Waals surface area contributed by atoms with E-state index in [9.17, 15) is 4.79 Å². The lowest BCUT2D eigenvalue weighted by Gasteiger charge is -2.44. The summed E-state index contributed by atoms with van der Waals surface area (Å²) in [5, 5.41) is 4.10. The molecule has 114 valence electrons. The Morgan fingerprint density at radius 1 is 1.27 bits per heavy atom. The normalized spacial score (nSPS) is 27.0. The first kappa shape index (κ1) is 14.1. The Kier molecular flexibility index (Phi) is 3.58. The fourth-order valence-electron chi connectivity index (χ4n) is 3.51. The Morgan fingerprint density at radius 3 is 2.82 bits per heavy atom. The summed E-state index contributed by atoms with van der Waals surface area (Å²) < 4.78 is 0.808. The predicted molar refractivity (Wildman–Crippen MR) is 87.7 cm³/mol. The van der Waals surface area contributed by atoms with Crippen LogP contribution in [0.3, 0.4) is 0 Å². The Hall–Kier alpha value is -1.53. The molecule has 3 saturated heterocycles. The third-order valence-corrected chi connectivity index (χ3v) is 5.34. The molecule has 0 spiro atoms. The van der Waals surface area contributed by atoms with Gasteiger partial charge in [-0.15, -0.1) is 0 Å². The van der Waals surface area contributed by atoms with Gasteiger partial charge in [0, 0.05) is 30.4 Å². The first-order valence-corrected chi connectivity index (χ1v) is 8.43. The van der Waals surface area contributed by atoms with Gasteiger partial charge in [-0.05, 0) is 59.9 Å². The Morgan fingerprint density at radius 2 is 2.09 bits per heavy atom. The highest BCUT2D eigenvalue weighted by Crippen LogP contribution is 2.27. The van der Waals surface area contributed by atoms with Crippen molar-refractivity contribution < 1.29 is 4.79 Å². The van der Waals surface area contributed by atoms with Gasteiger partial charge in [0.1, 0.15) is 5.69 Å². The maximum absolute atomic E-state index is 12.5. The number of amides is 1. The third kappa shape index (κ3) is 2.50. The molecule has 5 heterocycles. The van der Waals surface area contributed by atoms with Crippen LogP contribution in [0, 0.1) is 5.92 Å². The van der Waals surface area contributed by atoms with Crippen LogP contribution in [0.2, 0.25) is 0 Å². The standard InChI is InChI=1S/C16H17BrN4O/c17-12-8-18-7-11-1-2-13(19-15(11)12)16(22)20-14-9-21-5-3-10(14)4-6-21/h1-2,7-8,10,14H,3-6,9H2,(H,20,22)/t14-/m1/s1. The van der Waals surface area contributed by atoms with E-state index < -0.39 is 0 Å². The summed E-state index contributed by atoms with van der Waals surface area (Å²) >= 11 is 3.44. The number of nitrogens with zero attached hydrogens (tertiary/aromatic N) is 3. The smallest absolute Gasteiger partial charge is 0.270 e. The average molecular weight is 361 g/mol. The zero-order valence-electron chi connectivity index (χ0n) is 12.1. The molecule has 5 rings (SSSR count). The average Bonchev–Trinajstić information content (AvgIpc) is 2.56.